The molecule has 0 aromatic heterocycles. The largest absolute Gasteiger partial charge is 0.383 e. The van der Waals surface area contributed by atoms with Crippen LogP contribution in [-0.4, -0.2) is 31.0 Å². The lowest BCUT2D eigenvalue weighted by molar-refractivity contribution is -0.121. The summed E-state index contributed by atoms with van der Waals surface area (Å²) in [5.41, 5.74) is 0. The molecule has 2 unspecified atom stereocenters. The molecule has 1 amide bonds. The Bertz CT molecular complexity index is 160. The number of hydrogen-bond donors (Lipinski definition) is 1. The first kappa shape index (κ1) is 12.7. The van der Waals surface area contributed by atoms with Gasteiger partial charge in [0.15, 0.2) is 0 Å². The van der Waals surface area contributed by atoms with E-state index in [1.165, 1.54) is 0 Å². The Kier molecular flexibility index (Phi) is 6.08. The van der Waals surface area contributed by atoms with Gasteiger partial charge < -0.3 is 10.1 Å². The molecule has 0 aliphatic heterocycles. The van der Waals surface area contributed by atoms with Crippen LogP contribution >= 0.6 is 11.6 Å². The molecule has 0 aromatic carbocycles. The van der Waals surface area contributed by atoms with Gasteiger partial charge in [-0.15, -0.1) is 11.6 Å². The third kappa shape index (κ3) is 5.11. The standard InChI is InChI=1S/C9H18ClNO2/c1-6(2)8(5-13-4)11-9(12)7(3)10/h6-8H,5H2,1-4H3,(H,11,12). The second-order valence-corrected chi connectivity index (χ2v) is 4.09. The van der Waals surface area contributed by atoms with E-state index in [1.54, 1.807) is 14.0 Å². The SMILES string of the molecule is COCC(NC(=O)C(C)Cl)C(C)C. The Hall–Kier alpha value is -0.280. The van der Waals surface area contributed by atoms with Crippen LogP contribution in [0, 0.1) is 5.92 Å². The molecule has 4 heteroatoms. The molecule has 0 spiro atoms. The summed E-state index contributed by atoms with van der Waals surface area (Å²) >= 11 is 5.62. The van der Waals surface area contributed by atoms with Gasteiger partial charge in [0.25, 0.3) is 0 Å². The van der Waals surface area contributed by atoms with Gasteiger partial charge in [0.1, 0.15) is 5.38 Å². The first-order valence-electron chi connectivity index (χ1n) is 4.42. The van der Waals surface area contributed by atoms with Crippen LogP contribution in [0.2, 0.25) is 0 Å². The van der Waals surface area contributed by atoms with E-state index in [4.69, 9.17) is 16.3 Å². The molecule has 2 atom stereocenters. The van der Waals surface area contributed by atoms with Crippen molar-refractivity contribution in [2.45, 2.75) is 32.2 Å². The van der Waals surface area contributed by atoms with Crippen molar-refractivity contribution in [2.24, 2.45) is 5.92 Å². The van der Waals surface area contributed by atoms with Crippen LogP contribution < -0.4 is 5.32 Å². The zero-order valence-electron chi connectivity index (χ0n) is 8.63. The highest BCUT2D eigenvalue weighted by atomic mass is 35.5. The van der Waals surface area contributed by atoms with Crippen LogP contribution in [0.1, 0.15) is 20.8 Å². The maximum absolute atomic E-state index is 11.2. The Labute approximate surface area is 84.8 Å². The maximum atomic E-state index is 11.2. The predicted octanol–water partition coefficient (Wildman–Crippen LogP) is 1.40. The molecule has 0 bridgehead atoms. The molecule has 78 valence electrons. The Balaban J connectivity index is 4.02. The zero-order valence-corrected chi connectivity index (χ0v) is 9.39. The van der Waals surface area contributed by atoms with E-state index >= 15 is 0 Å². The zero-order chi connectivity index (χ0) is 10.4. The smallest absolute Gasteiger partial charge is 0.238 e. The molecular formula is C9H18ClNO2. The van der Waals surface area contributed by atoms with Crippen LogP contribution in [-0.2, 0) is 9.53 Å². The monoisotopic (exact) mass is 207 g/mol. The normalized spacial score (nSPS) is 15.5. The van der Waals surface area contributed by atoms with Gasteiger partial charge in [-0.1, -0.05) is 13.8 Å². The second-order valence-electron chi connectivity index (χ2n) is 3.43. The van der Waals surface area contributed by atoms with Gasteiger partial charge in [0.05, 0.1) is 12.6 Å². The minimum atomic E-state index is -0.488. The third-order valence-electron chi connectivity index (χ3n) is 1.84. The second kappa shape index (κ2) is 6.22. The van der Waals surface area contributed by atoms with E-state index in [0.29, 0.717) is 12.5 Å². The summed E-state index contributed by atoms with van der Waals surface area (Å²) in [5, 5.41) is 2.33. The lowest BCUT2D eigenvalue weighted by Gasteiger charge is -2.22. The van der Waals surface area contributed by atoms with Gasteiger partial charge in [0.2, 0.25) is 5.91 Å². The highest BCUT2D eigenvalue weighted by Gasteiger charge is 2.18. The van der Waals surface area contributed by atoms with Crippen molar-refractivity contribution >= 4 is 17.5 Å². The third-order valence-corrected chi connectivity index (χ3v) is 2.04. The van der Waals surface area contributed by atoms with E-state index in [9.17, 15) is 4.79 Å². The highest BCUT2D eigenvalue weighted by molar-refractivity contribution is 6.30. The van der Waals surface area contributed by atoms with E-state index < -0.39 is 5.38 Å². The van der Waals surface area contributed by atoms with E-state index in [-0.39, 0.29) is 11.9 Å². The van der Waals surface area contributed by atoms with Crippen LogP contribution in [0.15, 0.2) is 0 Å². The molecule has 0 radical (unpaired) electrons. The fraction of sp³-hybridized carbons (Fsp3) is 0.889. The van der Waals surface area contributed by atoms with Crippen molar-refractivity contribution in [2.75, 3.05) is 13.7 Å². The van der Waals surface area contributed by atoms with Gasteiger partial charge in [-0.2, -0.15) is 0 Å². The number of alkyl halides is 1. The Morgan fingerprint density at radius 3 is 2.31 bits per heavy atom. The predicted molar refractivity (Wildman–Crippen MR) is 54.0 cm³/mol. The average Bonchev–Trinajstić information content (AvgIpc) is 2.03. The summed E-state index contributed by atoms with van der Waals surface area (Å²) < 4.78 is 4.99. The number of hydrogen-bond acceptors (Lipinski definition) is 2. The van der Waals surface area contributed by atoms with Crippen molar-refractivity contribution in [1.29, 1.82) is 0 Å². The van der Waals surface area contributed by atoms with Crippen molar-refractivity contribution in [3.05, 3.63) is 0 Å². The summed E-state index contributed by atoms with van der Waals surface area (Å²) in [5.74, 6) is 0.205. The van der Waals surface area contributed by atoms with Gasteiger partial charge in [-0.25, -0.2) is 0 Å². The van der Waals surface area contributed by atoms with Gasteiger partial charge in [-0.3, -0.25) is 4.79 Å². The molecule has 0 rings (SSSR count). The number of halogens is 1. The summed E-state index contributed by atoms with van der Waals surface area (Å²) in [6, 6.07) is 0.0405. The first-order valence-corrected chi connectivity index (χ1v) is 4.86. The maximum Gasteiger partial charge on any atom is 0.238 e. The van der Waals surface area contributed by atoms with Gasteiger partial charge in [-0.05, 0) is 12.8 Å². The molecule has 0 fully saturated rings. The molecule has 0 aliphatic rings. The number of carbonyl (C=O) groups excluding carboxylic acids is 1. The molecule has 0 saturated heterocycles. The molecule has 1 N–H and O–H groups in total. The van der Waals surface area contributed by atoms with Crippen LogP contribution in [0.5, 0.6) is 0 Å². The van der Waals surface area contributed by atoms with Crippen LogP contribution in [0.4, 0.5) is 0 Å². The summed E-state index contributed by atoms with van der Waals surface area (Å²) in [6.45, 7) is 6.24. The van der Waals surface area contributed by atoms with Crippen LogP contribution in [0.25, 0.3) is 0 Å². The fourth-order valence-electron chi connectivity index (χ4n) is 0.878. The number of nitrogens with one attached hydrogen (secondary N) is 1. The lowest BCUT2D eigenvalue weighted by Crippen LogP contribution is -2.44. The van der Waals surface area contributed by atoms with E-state index in [1.807, 2.05) is 13.8 Å². The molecule has 3 nitrogen and oxygen atoms in total. The van der Waals surface area contributed by atoms with E-state index in [2.05, 4.69) is 5.32 Å². The number of ether oxygens (including phenoxy) is 1. The minimum absolute atomic E-state index is 0.0405. The summed E-state index contributed by atoms with van der Waals surface area (Å²) in [6.07, 6.45) is 0. The molecule has 0 aliphatic carbocycles. The van der Waals surface area contributed by atoms with E-state index in [0.717, 1.165) is 0 Å². The Morgan fingerprint density at radius 1 is 1.46 bits per heavy atom. The topological polar surface area (TPSA) is 38.3 Å². The minimum Gasteiger partial charge on any atom is -0.383 e. The molecule has 13 heavy (non-hydrogen) atoms. The molecule has 0 aromatic rings. The van der Waals surface area contributed by atoms with Gasteiger partial charge >= 0.3 is 0 Å². The van der Waals surface area contributed by atoms with Crippen molar-refractivity contribution in [1.82, 2.24) is 5.32 Å². The molecule has 0 saturated carbocycles. The lowest BCUT2D eigenvalue weighted by atomic mass is 10.1. The van der Waals surface area contributed by atoms with Crippen LogP contribution in [0.3, 0.4) is 0 Å². The molecule has 0 heterocycles. The van der Waals surface area contributed by atoms with Gasteiger partial charge in [0, 0.05) is 7.11 Å². The van der Waals surface area contributed by atoms with Crippen molar-refractivity contribution < 1.29 is 9.53 Å². The number of amides is 1. The fourth-order valence-corrected chi connectivity index (χ4v) is 0.941. The number of methoxy groups -OCH3 is 1. The number of rotatable bonds is 5. The van der Waals surface area contributed by atoms with Crippen molar-refractivity contribution in [3.63, 3.8) is 0 Å². The highest BCUT2D eigenvalue weighted by Crippen LogP contribution is 2.03. The first-order chi connectivity index (χ1) is 5.99. The number of carbonyl (C=O) groups is 1. The molecular weight excluding hydrogens is 190 g/mol. The van der Waals surface area contributed by atoms with Crippen molar-refractivity contribution in [3.8, 4) is 0 Å². The Morgan fingerprint density at radius 2 is 2.00 bits per heavy atom. The quantitative estimate of drug-likeness (QED) is 0.693. The summed E-state index contributed by atoms with van der Waals surface area (Å²) in [7, 11) is 1.62. The summed E-state index contributed by atoms with van der Waals surface area (Å²) in [4.78, 5) is 11.2. The average molecular weight is 208 g/mol.